The Balaban J connectivity index is 3.82. The first-order chi connectivity index (χ1) is 4.24. The molecule has 0 aromatic heterocycles. The van der Waals surface area contributed by atoms with Crippen molar-refractivity contribution in [2.75, 3.05) is 26.8 Å². The molecule has 0 amide bonds. The van der Waals surface area contributed by atoms with E-state index in [1.54, 1.807) is 0 Å². The van der Waals surface area contributed by atoms with E-state index in [0.717, 1.165) is 17.7 Å². The van der Waals surface area contributed by atoms with Gasteiger partial charge < -0.3 is 0 Å². The van der Waals surface area contributed by atoms with Gasteiger partial charge in [-0.15, -0.1) is 0 Å². The molecule has 0 aliphatic carbocycles. The van der Waals surface area contributed by atoms with Crippen LogP contribution in [0.5, 0.6) is 0 Å². The Labute approximate surface area is 57.4 Å². The van der Waals surface area contributed by atoms with E-state index in [1.165, 1.54) is 0 Å². The Bertz CT molecular complexity index is 51.2. The van der Waals surface area contributed by atoms with Crippen molar-refractivity contribution in [3.8, 4) is 0 Å². The first-order valence-corrected chi connectivity index (χ1v) is 3.49. The predicted molar refractivity (Wildman–Crippen MR) is 39.5 cm³/mol. The number of nitrogens with two attached hydrogens (primary N) is 1. The van der Waals surface area contributed by atoms with E-state index in [9.17, 15) is 0 Å². The molecule has 3 N–H and O–H groups in total. The van der Waals surface area contributed by atoms with E-state index in [-0.39, 0.29) is 0 Å². The fraction of sp³-hybridized carbons (Fsp3) is 1.00. The second kappa shape index (κ2) is 3.82. The van der Waals surface area contributed by atoms with Crippen molar-refractivity contribution >= 4 is 0 Å². The molecule has 0 heterocycles. The Morgan fingerprint density at radius 2 is 1.78 bits per heavy atom. The summed E-state index contributed by atoms with van der Waals surface area (Å²) < 4.78 is 0.806. The highest BCUT2D eigenvalue weighted by Crippen LogP contribution is 1.94. The van der Waals surface area contributed by atoms with Crippen molar-refractivity contribution in [1.29, 1.82) is 0 Å². The van der Waals surface area contributed by atoms with Gasteiger partial charge in [0.25, 0.3) is 0 Å². The summed E-state index contributed by atoms with van der Waals surface area (Å²) >= 11 is 0. The van der Waals surface area contributed by atoms with Crippen molar-refractivity contribution < 1.29 is 4.59 Å². The Morgan fingerprint density at radius 1 is 1.33 bits per heavy atom. The monoisotopic (exact) mass is 132 g/mol. The number of nitrogens with one attached hydrogen (secondary N) is 1. The molecule has 0 atom stereocenters. The number of rotatable bonds is 4. The molecule has 56 valence electrons. The van der Waals surface area contributed by atoms with Crippen LogP contribution in [-0.4, -0.2) is 31.4 Å². The van der Waals surface area contributed by atoms with E-state index < -0.39 is 0 Å². The molecular formula is C6H18N3+. The number of hydrogen-bond acceptors (Lipinski definition) is 2. The average molecular weight is 132 g/mol. The first-order valence-electron chi connectivity index (χ1n) is 3.49. The standard InChI is InChI=1S/C6H18N3/c1-4-9(5-2,6-7)8-3/h8H,4-7H2,1-3H3/q+1. The molecule has 0 saturated carbocycles. The highest BCUT2D eigenvalue weighted by atomic mass is 15.7. The molecular weight excluding hydrogens is 114 g/mol. The molecule has 3 heteroatoms. The van der Waals surface area contributed by atoms with Gasteiger partial charge in [-0.05, 0) is 13.8 Å². The third-order valence-electron chi connectivity index (χ3n) is 2.03. The summed E-state index contributed by atoms with van der Waals surface area (Å²) in [5.74, 6) is 0. The molecule has 0 aromatic carbocycles. The summed E-state index contributed by atoms with van der Waals surface area (Å²) in [4.78, 5) is 0. The number of quaternary nitrogens is 1. The van der Waals surface area contributed by atoms with Crippen LogP contribution in [0.15, 0.2) is 0 Å². The van der Waals surface area contributed by atoms with Crippen LogP contribution in [0.1, 0.15) is 13.8 Å². The SMILES string of the molecule is CC[N+](CC)(CN)NC. The molecule has 0 saturated heterocycles. The largest absolute Gasteiger partial charge is 0.283 e. The lowest BCUT2D eigenvalue weighted by Gasteiger charge is -2.32. The van der Waals surface area contributed by atoms with Gasteiger partial charge in [0.15, 0.2) is 0 Å². The second-order valence-corrected chi connectivity index (χ2v) is 2.18. The molecule has 9 heavy (non-hydrogen) atoms. The van der Waals surface area contributed by atoms with Crippen LogP contribution in [0.3, 0.4) is 0 Å². The molecule has 0 spiro atoms. The second-order valence-electron chi connectivity index (χ2n) is 2.18. The third-order valence-corrected chi connectivity index (χ3v) is 2.03. The molecule has 0 aliphatic rings. The zero-order valence-corrected chi connectivity index (χ0v) is 6.65. The number of nitrogens with zero attached hydrogens (tertiary/aromatic N) is 1. The highest BCUT2D eigenvalue weighted by molar-refractivity contribution is 4.24. The van der Waals surface area contributed by atoms with Gasteiger partial charge in [0, 0.05) is 7.05 Å². The van der Waals surface area contributed by atoms with Crippen molar-refractivity contribution in [1.82, 2.24) is 5.43 Å². The minimum Gasteiger partial charge on any atom is -0.283 e. The molecule has 0 bridgehead atoms. The van der Waals surface area contributed by atoms with E-state index >= 15 is 0 Å². The van der Waals surface area contributed by atoms with E-state index in [0.29, 0.717) is 6.67 Å². The van der Waals surface area contributed by atoms with Crippen molar-refractivity contribution in [2.24, 2.45) is 5.73 Å². The average Bonchev–Trinajstić information content (AvgIpc) is 1.95. The van der Waals surface area contributed by atoms with Gasteiger partial charge in [-0.2, -0.15) is 5.43 Å². The summed E-state index contributed by atoms with van der Waals surface area (Å²) in [5.41, 5.74) is 8.73. The summed E-state index contributed by atoms with van der Waals surface area (Å²) in [6, 6.07) is 0. The molecule has 0 unspecified atom stereocenters. The Morgan fingerprint density at radius 3 is 1.78 bits per heavy atom. The zero-order chi connectivity index (χ0) is 7.33. The fourth-order valence-electron chi connectivity index (χ4n) is 0.889. The zero-order valence-electron chi connectivity index (χ0n) is 6.65. The van der Waals surface area contributed by atoms with Gasteiger partial charge in [-0.1, -0.05) is 0 Å². The van der Waals surface area contributed by atoms with Crippen LogP contribution < -0.4 is 11.2 Å². The fourth-order valence-corrected chi connectivity index (χ4v) is 0.889. The Hall–Kier alpha value is -0.120. The van der Waals surface area contributed by atoms with Crippen LogP contribution in [-0.2, 0) is 0 Å². The topological polar surface area (TPSA) is 38.0 Å². The van der Waals surface area contributed by atoms with Crippen LogP contribution >= 0.6 is 0 Å². The van der Waals surface area contributed by atoms with E-state index in [1.807, 2.05) is 7.05 Å². The van der Waals surface area contributed by atoms with Crippen LogP contribution in [0.25, 0.3) is 0 Å². The van der Waals surface area contributed by atoms with Gasteiger partial charge in [0.2, 0.25) is 0 Å². The van der Waals surface area contributed by atoms with Gasteiger partial charge in [-0.3, -0.25) is 5.73 Å². The molecule has 0 aliphatic heterocycles. The van der Waals surface area contributed by atoms with Crippen molar-refractivity contribution in [2.45, 2.75) is 13.8 Å². The van der Waals surface area contributed by atoms with Crippen LogP contribution in [0.2, 0.25) is 0 Å². The summed E-state index contributed by atoms with van der Waals surface area (Å²) in [5, 5.41) is 0. The molecule has 0 aromatic rings. The lowest BCUT2D eigenvalue weighted by molar-refractivity contribution is -0.964. The molecule has 0 rings (SSSR count). The lowest BCUT2D eigenvalue weighted by atomic mass is 10.5. The smallest absolute Gasteiger partial charge is 0.147 e. The first kappa shape index (κ1) is 8.88. The number of hydrogen-bond donors (Lipinski definition) is 2. The summed E-state index contributed by atoms with van der Waals surface area (Å²) in [6.45, 7) is 7.02. The van der Waals surface area contributed by atoms with E-state index in [2.05, 4.69) is 19.3 Å². The Kier molecular flexibility index (Phi) is 3.77. The van der Waals surface area contributed by atoms with Crippen molar-refractivity contribution in [3.63, 3.8) is 0 Å². The maximum Gasteiger partial charge on any atom is 0.147 e. The summed E-state index contributed by atoms with van der Waals surface area (Å²) in [6.07, 6.45) is 0. The molecule has 3 nitrogen and oxygen atoms in total. The quantitative estimate of drug-likeness (QED) is 0.318. The van der Waals surface area contributed by atoms with Gasteiger partial charge >= 0.3 is 0 Å². The molecule has 0 fully saturated rings. The van der Waals surface area contributed by atoms with Crippen molar-refractivity contribution in [3.05, 3.63) is 0 Å². The van der Waals surface area contributed by atoms with Gasteiger partial charge in [-0.25, -0.2) is 4.59 Å². The minimum absolute atomic E-state index is 0.670. The lowest BCUT2D eigenvalue weighted by Crippen LogP contribution is -2.59. The molecule has 0 radical (unpaired) electrons. The highest BCUT2D eigenvalue weighted by Gasteiger charge is 2.17. The van der Waals surface area contributed by atoms with Gasteiger partial charge in [0.05, 0.1) is 13.1 Å². The van der Waals surface area contributed by atoms with Crippen LogP contribution in [0.4, 0.5) is 0 Å². The summed E-state index contributed by atoms with van der Waals surface area (Å²) in [7, 11) is 1.94. The normalized spacial score (nSPS) is 12.0. The van der Waals surface area contributed by atoms with Gasteiger partial charge in [0.1, 0.15) is 6.67 Å². The third kappa shape index (κ3) is 1.93. The maximum absolute atomic E-state index is 5.55. The van der Waals surface area contributed by atoms with E-state index in [4.69, 9.17) is 5.73 Å². The predicted octanol–water partition coefficient (Wildman–Crippen LogP) is -0.106. The maximum atomic E-state index is 5.55. The minimum atomic E-state index is 0.670. The van der Waals surface area contributed by atoms with Crippen LogP contribution in [0, 0.1) is 0 Å².